The predicted octanol–water partition coefficient (Wildman–Crippen LogP) is 3.41. The van der Waals surface area contributed by atoms with Crippen molar-refractivity contribution in [3.05, 3.63) is 17.7 Å². The van der Waals surface area contributed by atoms with E-state index in [1.807, 2.05) is 12.1 Å². The molecular weight excluding hydrogens is 266 g/mol. The zero-order valence-electron chi connectivity index (χ0n) is 13.7. The van der Waals surface area contributed by atoms with Crippen LogP contribution in [-0.2, 0) is 0 Å². The summed E-state index contributed by atoms with van der Waals surface area (Å²) < 4.78 is 16.5. The number of nitrogens with one attached hydrogen (secondary N) is 1. The molecule has 0 radical (unpaired) electrons. The lowest BCUT2D eigenvalue weighted by atomic mass is 9.98. The van der Waals surface area contributed by atoms with Crippen LogP contribution in [0.1, 0.15) is 38.3 Å². The molecule has 118 valence electrons. The summed E-state index contributed by atoms with van der Waals surface area (Å²) in [5.74, 6) is 3.81. The largest absolute Gasteiger partial charge is 0.496 e. The first kappa shape index (κ1) is 16.0. The summed E-state index contributed by atoms with van der Waals surface area (Å²) in [6.45, 7) is 5.48. The molecule has 1 saturated carbocycles. The highest BCUT2D eigenvalue weighted by molar-refractivity contribution is 5.53. The molecule has 0 spiro atoms. The van der Waals surface area contributed by atoms with Crippen LogP contribution in [0.15, 0.2) is 12.1 Å². The van der Waals surface area contributed by atoms with Crippen molar-refractivity contribution in [2.45, 2.75) is 32.7 Å². The van der Waals surface area contributed by atoms with E-state index in [0.717, 1.165) is 41.7 Å². The fraction of sp³-hybridized carbons (Fsp3) is 0.647. The van der Waals surface area contributed by atoms with Crippen molar-refractivity contribution >= 4 is 0 Å². The summed E-state index contributed by atoms with van der Waals surface area (Å²) >= 11 is 0. The number of hydrogen-bond donors (Lipinski definition) is 1. The van der Waals surface area contributed by atoms with Gasteiger partial charge in [-0.15, -0.1) is 0 Å². The lowest BCUT2D eigenvalue weighted by Crippen LogP contribution is -2.25. The third-order valence-electron chi connectivity index (χ3n) is 4.28. The van der Waals surface area contributed by atoms with Gasteiger partial charge in [0.25, 0.3) is 0 Å². The Kier molecular flexibility index (Phi) is 5.34. The van der Waals surface area contributed by atoms with Gasteiger partial charge in [0.2, 0.25) is 0 Å². The van der Waals surface area contributed by atoms with Crippen LogP contribution in [0.3, 0.4) is 0 Å². The predicted molar refractivity (Wildman–Crippen MR) is 84.4 cm³/mol. The van der Waals surface area contributed by atoms with Gasteiger partial charge in [0.1, 0.15) is 17.2 Å². The van der Waals surface area contributed by atoms with Crippen LogP contribution in [0.25, 0.3) is 0 Å². The molecule has 3 atom stereocenters. The van der Waals surface area contributed by atoms with E-state index in [1.165, 1.54) is 6.42 Å². The molecule has 1 aliphatic rings. The van der Waals surface area contributed by atoms with Gasteiger partial charge in [-0.05, 0) is 31.2 Å². The van der Waals surface area contributed by atoms with E-state index in [0.29, 0.717) is 5.92 Å². The Bertz CT molecular complexity index is 450. The Morgan fingerprint density at radius 3 is 2.10 bits per heavy atom. The van der Waals surface area contributed by atoms with Gasteiger partial charge in [0, 0.05) is 18.2 Å². The molecule has 0 saturated heterocycles. The van der Waals surface area contributed by atoms with Crippen molar-refractivity contribution < 1.29 is 14.2 Å². The zero-order valence-corrected chi connectivity index (χ0v) is 13.7. The smallest absolute Gasteiger partial charge is 0.131 e. The van der Waals surface area contributed by atoms with E-state index >= 15 is 0 Å². The minimum atomic E-state index is 0.274. The van der Waals surface area contributed by atoms with Crippen molar-refractivity contribution in [3.8, 4) is 17.2 Å². The van der Waals surface area contributed by atoms with Gasteiger partial charge in [-0.3, -0.25) is 0 Å². The van der Waals surface area contributed by atoms with Crippen LogP contribution >= 0.6 is 0 Å². The van der Waals surface area contributed by atoms with E-state index in [-0.39, 0.29) is 6.04 Å². The number of rotatable bonds is 8. The highest BCUT2D eigenvalue weighted by Crippen LogP contribution is 2.51. The summed E-state index contributed by atoms with van der Waals surface area (Å²) in [4.78, 5) is 0. The molecular formula is C17H27NO3. The molecule has 2 rings (SSSR count). The van der Waals surface area contributed by atoms with E-state index in [2.05, 4.69) is 19.2 Å². The highest BCUT2D eigenvalue weighted by atomic mass is 16.5. The van der Waals surface area contributed by atoms with Crippen molar-refractivity contribution in [3.63, 3.8) is 0 Å². The van der Waals surface area contributed by atoms with Crippen LogP contribution in [0.2, 0.25) is 0 Å². The first-order valence-electron chi connectivity index (χ1n) is 7.69. The molecule has 0 bridgehead atoms. The quantitative estimate of drug-likeness (QED) is 0.797. The standard InChI is InChI=1S/C17H27NO3/c1-6-7-18-17(13-8-11(13)2)16-14(20-4)9-12(19-3)10-15(16)21-5/h9-11,13,17-18H,6-8H2,1-5H3. The van der Waals surface area contributed by atoms with Gasteiger partial charge in [-0.2, -0.15) is 0 Å². The maximum Gasteiger partial charge on any atom is 0.131 e. The number of ether oxygens (including phenoxy) is 3. The third kappa shape index (κ3) is 3.43. The van der Waals surface area contributed by atoms with Crippen molar-refractivity contribution in [2.24, 2.45) is 11.8 Å². The van der Waals surface area contributed by atoms with E-state index < -0.39 is 0 Å². The number of benzene rings is 1. The second kappa shape index (κ2) is 7.03. The Morgan fingerprint density at radius 1 is 1.14 bits per heavy atom. The summed E-state index contributed by atoms with van der Waals surface area (Å²) in [5.41, 5.74) is 1.11. The second-order valence-electron chi connectivity index (χ2n) is 5.75. The first-order chi connectivity index (χ1) is 10.2. The van der Waals surface area contributed by atoms with Gasteiger partial charge < -0.3 is 19.5 Å². The average molecular weight is 293 g/mol. The molecule has 1 aliphatic carbocycles. The normalized spacial score (nSPS) is 21.8. The first-order valence-corrected chi connectivity index (χ1v) is 7.69. The third-order valence-corrected chi connectivity index (χ3v) is 4.28. The molecule has 1 aromatic carbocycles. The minimum Gasteiger partial charge on any atom is -0.496 e. The van der Waals surface area contributed by atoms with Gasteiger partial charge in [-0.1, -0.05) is 13.8 Å². The fourth-order valence-corrected chi connectivity index (χ4v) is 2.92. The second-order valence-corrected chi connectivity index (χ2v) is 5.75. The summed E-state index contributed by atoms with van der Waals surface area (Å²) in [5, 5.41) is 3.66. The van der Waals surface area contributed by atoms with Crippen molar-refractivity contribution in [2.75, 3.05) is 27.9 Å². The SMILES string of the molecule is CCCNC(c1c(OC)cc(OC)cc1OC)C1CC1C. The number of methoxy groups -OCH3 is 3. The lowest BCUT2D eigenvalue weighted by molar-refractivity contribution is 0.348. The summed E-state index contributed by atoms with van der Waals surface area (Å²) in [6.07, 6.45) is 2.36. The van der Waals surface area contributed by atoms with E-state index in [1.54, 1.807) is 21.3 Å². The molecule has 21 heavy (non-hydrogen) atoms. The van der Waals surface area contributed by atoms with Gasteiger partial charge >= 0.3 is 0 Å². The van der Waals surface area contributed by atoms with Crippen LogP contribution in [0.5, 0.6) is 17.2 Å². The highest BCUT2D eigenvalue weighted by Gasteiger charge is 2.42. The van der Waals surface area contributed by atoms with Gasteiger partial charge in [0.15, 0.2) is 0 Å². The molecule has 0 aromatic heterocycles. The zero-order chi connectivity index (χ0) is 15.4. The van der Waals surface area contributed by atoms with Crippen molar-refractivity contribution in [1.29, 1.82) is 0 Å². The average Bonchev–Trinajstić information content (AvgIpc) is 3.23. The Morgan fingerprint density at radius 2 is 1.71 bits per heavy atom. The van der Waals surface area contributed by atoms with Crippen LogP contribution < -0.4 is 19.5 Å². The molecule has 4 nitrogen and oxygen atoms in total. The van der Waals surface area contributed by atoms with Crippen LogP contribution in [-0.4, -0.2) is 27.9 Å². The summed E-state index contributed by atoms with van der Waals surface area (Å²) in [6, 6.07) is 4.15. The fourth-order valence-electron chi connectivity index (χ4n) is 2.92. The number of hydrogen-bond acceptors (Lipinski definition) is 4. The van der Waals surface area contributed by atoms with E-state index in [9.17, 15) is 0 Å². The van der Waals surface area contributed by atoms with Gasteiger partial charge in [-0.25, -0.2) is 0 Å². The van der Waals surface area contributed by atoms with E-state index in [4.69, 9.17) is 14.2 Å². The molecule has 0 aliphatic heterocycles. The molecule has 3 unspecified atom stereocenters. The molecule has 1 N–H and O–H groups in total. The topological polar surface area (TPSA) is 39.7 Å². The Labute approximate surface area is 127 Å². The maximum atomic E-state index is 5.60. The van der Waals surface area contributed by atoms with Gasteiger partial charge in [0.05, 0.1) is 26.9 Å². The molecule has 1 fully saturated rings. The minimum absolute atomic E-state index is 0.274. The molecule has 4 heteroatoms. The molecule has 1 aromatic rings. The van der Waals surface area contributed by atoms with Crippen molar-refractivity contribution in [1.82, 2.24) is 5.32 Å². The summed E-state index contributed by atoms with van der Waals surface area (Å²) in [7, 11) is 5.06. The molecule has 0 amide bonds. The Hall–Kier alpha value is -1.42. The lowest BCUT2D eigenvalue weighted by Gasteiger charge is -2.24. The molecule has 0 heterocycles. The van der Waals surface area contributed by atoms with Crippen LogP contribution in [0, 0.1) is 11.8 Å². The monoisotopic (exact) mass is 293 g/mol. The maximum absolute atomic E-state index is 5.60. The Balaban J connectivity index is 2.41. The van der Waals surface area contributed by atoms with Crippen LogP contribution in [0.4, 0.5) is 0 Å².